The molecule has 0 unspecified atom stereocenters. The summed E-state index contributed by atoms with van der Waals surface area (Å²) in [6.45, 7) is 0.405. The minimum atomic E-state index is -0.346. The van der Waals surface area contributed by atoms with Gasteiger partial charge in [-0.15, -0.1) is 11.3 Å². The highest BCUT2D eigenvalue weighted by Gasteiger charge is 2.28. The Balaban J connectivity index is 1.48. The van der Waals surface area contributed by atoms with Crippen molar-refractivity contribution in [3.8, 4) is 5.69 Å². The van der Waals surface area contributed by atoms with Crippen LogP contribution in [0, 0.1) is 0 Å². The number of urea groups is 1. The molecule has 32 heavy (non-hydrogen) atoms. The van der Waals surface area contributed by atoms with Gasteiger partial charge >= 0.3 is 6.03 Å². The van der Waals surface area contributed by atoms with Gasteiger partial charge in [0.1, 0.15) is 4.83 Å². The summed E-state index contributed by atoms with van der Waals surface area (Å²) in [6, 6.07) is 6.84. The zero-order chi connectivity index (χ0) is 22.2. The standard InChI is InChI=1S/C22H21ClN4O3S2/c23-13-6-8-14(9-7-13)27-20(29)18-15-4-1-2-5-16(15)32-19(18)25-22(27)31-11-3-10-26-17(28)12-24-21(26)30/h6-9H,1-5,10-12H2,(H,24,30). The van der Waals surface area contributed by atoms with Crippen molar-refractivity contribution < 1.29 is 9.59 Å². The Kier molecular flexibility index (Phi) is 5.96. The summed E-state index contributed by atoms with van der Waals surface area (Å²) in [5, 5.41) is 4.48. The van der Waals surface area contributed by atoms with E-state index in [1.807, 2.05) is 12.1 Å². The lowest BCUT2D eigenvalue weighted by Gasteiger charge is -2.15. The van der Waals surface area contributed by atoms with E-state index in [0.717, 1.165) is 47.2 Å². The predicted molar refractivity (Wildman–Crippen MR) is 127 cm³/mol. The monoisotopic (exact) mass is 488 g/mol. The number of fused-ring (bicyclic) bond motifs is 3. The maximum Gasteiger partial charge on any atom is 0.324 e. The Bertz CT molecular complexity index is 1250. The predicted octanol–water partition coefficient (Wildman–Crippen LogP) is 4.01. The molecule has 5 rings (SSSR count). The number of nitrogens with one attached hydrogen (secondary N) is 1. The number of hydrogen-bond acceptors (Lipinski definition) is 6. The van der Waals surface area contributed by atoms with Crippen molar-refractivity contribution in [3.63, 3.8) is 0 Å². The first-order valence-corrected chi connectivity index (χ1v) is 12.7. The van der Waals surface area contributed by atoms with Crippen LogP contribution in [0.2, 0.25) is 5.02 Å². The Morgan fingerprint density at radius 2 is 1.91 bits per heavy atom. The summed E-state index contributed by atoms with van der Waals surface area (Å²) in [7, 11) is 0. The topological polar surface area (TPSA) is 84.3 Å². The van der Waals surface area contributed by atoms with Gasteiger partial charge in [-0.2, -0.15) is 0 Å². The van der Waals surface area contributed by atoms with Crippen LogP contribution in [0.1, 0.15) is 29.7 Å². The first-order valence-electron chi connectivity index (χ1n) is 10.6. The zero-order valence-corrected chi connectivity index (χ0v) is 19.6. The lowest BCUT2D eigenvalue weighted by molar-refractivity contribution is -0.124. The molecule has 0 radical (unpaired) electrons. The molecule has 0 atom stereocenters. The van der Waals surface area contributed by atoms with Crippen molar-refractivity contribution in [1.29, 1.82) is 0 Å². The fourth-order valence-electron chi connectivity index (χ4n) is 4.17. The van der Waals surface area contributed by atoms with Crippen LogP contribution in [0.4, 0.5) is 4.79 Å². The van der Waals surface area contributed by atoms with Crippen LogP contribution in [0.15, 0.2) is 34.2 Å². The lowest BCUT2D eigenvalue weighted by atomic mass is 9.97. The molecule has 1 aliphatic carbocycles. The number of imide groups is 1. The SMILES string of the molecule is O=C1CNC(=O)N1CCCSc1nc2sc3c(c2c(=O)n1-c1ccc(Cl)cc1)CCCC3. The highest BCUT2D eigenvalue weighted by molar-refractivity contribution is 7.99. The number of thiophene rings is 1. The number of rotatable bonds is 6. The molecule has 1 fully saturated rings. The molecule has 1 N–H and O–H groups in total. The van der Waals surface area contributed by atoms with Crippen LogP contribution in [-0.2, 0) is 17.6 Å². The van der Waals surface area contributed by atoms with Crippen molar-refractivity contribution in [2.75, 3.05) is 18.8 Å². The summed E-state index contributed by atoms with van der Waals surface area (Å²) < 4.78 is 1.67. The van der Waals surface area contributed by atoms with E-state index < -0.39 is 0 Å². The Labute approximate surface area is 197 Å². The molecule has 3 aromatic rings. The Hall–Kier alpha value is -2.36. The number of aryl methyl sites for hydroxylation is 2. The zero-order valence-electron chi connectivity index (χ0n) is 17.2. The van der Waals surface area contributed by atoms with Crippen LogP contribution >= 0.6 is 34.7 Å². The van der Waals surface area contributed by atoms with E-state index in [2.05, 4.69) is 5.32 Å². The quantitative estimate of drug-likeness (QED) is 0.245. The van der Waals surface area contributed by atoms with Gasteiger partial charge in [-0.05, 0) is 61.9 Å². The second-order valence-corrected chi connectivity index (χ2v) is 10.4. The Morgan fingerprint density at radius 1 is 1.12 bits per heavy atom. The largest absolute Gasteiger partial charge is 0.329 e. The second-order valence-electron chi connectivity index (χ2n) is 7.81. The third-order valence-corrected chi connectivity index (χ3v) is 8.20. The number of thioether (sulfide) groups is 1. The third kappa shape index (κ3) is 3.93. The lowest BCUT2D eigenvalue weighted by Crippen LogP contribution is -2.32. The van der Waals surface area contributed by atoms with E-state index in [9.17, 15) is 14.4 Å². The average molecular weight is 489 g/mol. The second kappa shape index (κ2) is 8.88. The van der Waals surface area contributed by atoms with E-state index in [0.29, 0.717) is 28.9 Å². The fourth-order valence-corrected chi connectivity index (χ4v) is 6.53. The molecule has 2 aliphatic rings. The van der Waals surface area contributed by atoms with Gasteiger partial charge in [-0.3, -0.25) is 19.1 Å². The van der Waals surface area contributed by atoms with Crippen LogP contribution in [0.3, 0.4) is 0 Å². The van der Waals surface area contributed by atoms with Gasteiger partial charge in [0.05, 0.1) is 17.6 Å². The van der Waals surface area contributed by atoms with Gasteiger partial charge in [-0.1, -0.05) is 23.4 Å². The van der Waals surface area contributed by atoms with E-state index in [1.165, 1.54) is 21.5 Å². The molecule has 2 aromatic heterocycles. The minimum Gasteiger partial charge on any atom is -0.329 e. The summed E-state index contributed by atoms with van der Waals surface area (Å²) in [5.74, 6) is 0.412. The van der Waals surface area contributed by atoms with Gasteiger partial charge in [0.25, 0.3) is 5.56 Å². The Morgan fingerprint density at radius 3 is 2.66 bits per heavy atom. The van der Waals surface area contributed by atoms with Crippen LogP contribution in [0.25, 0.3) is 15.9 Å². The molecule has 166 valence electrons. The molecule has 1 aliphatic heterocycles. The molecule has 1 aromatic carbocycles. The highest BCUT2D eigenvalue weighted by atomic mass is 35.5. The number of carbonyl (C=O) groups excluding carboxylic acids is 2. The van der Waals surface area contributed by atoms with E-state index in [-0.39, 0.29) is 24.0 Å². The van der Waals surface area contributed by atoms with E-state index in [4.69, 9.17) is 16.6 Å². The van der Waals surface area contributed by atoms with Crippen LogP contribution in [-0.4, -0.2) is 45.2 Å². The van der Waals surface area contributed by atoms with Crippen LogP contribution < -0.4 is 10.9 Å². The minimum absolute atomic E-state index is 0.0479. The number of carbonyl (C=O) groups is 2. The first kappa shape index (κ1) is 21.5. The first-order chi connectivity index (χ1) is 15.5. The van der Waals surface area contributed by atoms with Crippen molar-refractivity contribution in [1.82, 2.24) is 19.8 Å². The molecule has 0 spiro atoms. The van der Waals surface area contributed by atoms with Gasteiger partial charge < -0.3 is 5.32 Å². The van der Waals surface area contributed by atoms with Gasteiger partial charge in [-0.25, -0.2) is 9.78 Å². The number of amides is 3. The smallest absolute Gasteiger partial charge is 0.324 e. The van der Waals surface area contributed by atoms with Gasteiger partial charge in [0.2, 0.25) is 5.91 Å². The number of halogens is 1. The van der Waals surface area contributed by atoms with Gasteiger partial charge in [0.15, 0.2) is 5.16 Å². The number of hydrogen-bond donors (Lipinski definition) is 1. The van der Waals surface area contributed by atoms with Crippen molar-refractivity contribution in [3.05, 3.63) is 50.1 Å². The highest BCUT2D eigenvalue weighted by Crippen LogP contribution is 2.35. The average Bonchev–Trinajstić information content (AvgIpc) is 3.32. The van der Waals surface area contributed by atoms with E-state index >= 15 is 0 Å². The van der Waals surface area contributed by atoms with Gasteiger partial charge in [0, 0.05) is 22.2 Å². The fraction of sp³-hybridized carbons (Fsp3) is 0.364. The maximum atomic E-state index is 13.7. The van der Waals surface area contributed by atoms with Crippen LogP contribution in [0.5, 0.6) is 0 Å². The number of benzene rings is 1. The normalized spacial score (nSPS) is 16.0. The summed E-state index contributed by atoms with van der Waals surface area (Å²) in [4.78, 5) is 45.4. The number of aromatic nitrogens is 2. The van der Waals surface area contributed by atoms with Crippen molar-refractivity contribution in [2.45, 2.75) is 37.3 Å². The molecular formula is C22H21ClN4O3S2. The molecule has 0 saturated carbocycles. The maximum absolute atomic E-state index is 13.7. The molecular weight excluding hydrogens is 468 g/mol. The van der Waals surface area contributed by atoms with Crippen molar-refractivity contribution >= 4 is 56.9 Å². The summed E-state index contributed by atoms with van der Waals surface area (Å²) in [6.07, 6.45) is 4.78. The van der Waals surface area contributed by atoms with E-state index in [1.54, 1.807) is 28.0 Å². The molecule has 10 heteroatoms. The van der Waals surface area contributed by atoms with Crippen molar-refractivity contribution in [2.24, 2.45) is 0 Å². The number of nitrogens with zero attached hydrogens (tertiary/aromatic N) is 3. The molecule has 3 heterocycles. The molecule has 1 saturated heterocycles. The molecule has 0 bridgehead atoms. The molecule has 3 amide bonds. The third-order valence-electron chi connectivity index (χ3n) is 5.74. The summed E-state index contributed by atoms with van der Waals surface area (Å²) in [5.41, 5.74) is 1.83. The molecule has 7 nitrogen and oxygen atoms in total. The summed E-state index contributed by atoms with van der Waals surface area (Å²) >= 11 is 9.16.